The van der Waals surface area contributed by atoms with Gasteiger partial charge < -0.3 is 15.7 Å². The zero-order chi connectivity index (χ0) is 15.1. The van der Waals surface area contributed by atoms with Crippen LogP contribution in [0.1, 0.15) is 17.3 Å². The fourth-order valence-electron chi connectivity index (χ4n) is 1.81. The molecule has 1 aromatic carbocycles. The summed E-state index contributed by atoms with van der Waals surface area (Å²) in [5.74, 6) is 0. The highest BCUT2D eigenvalue weighted by atomic mass is 35.5. The summed E-state index contributed by atoms with van der Waals surface area (Å²) < 4.78 is 0. The van der Waals surface area contributed by atoms with Crippen LogP contribution in [0, 0.1) is 0 Å². The molecule has 0 radical (unpaired) electrons. The molecule has 2 aromatic rings. The zero-order valence-corrected chi connectivity index (χ0v) is 12.0. The van der Waals surface area contributed by atoms with Crippen molar-refractivity contribution in [2.24, 2.45) is 0 Å². The maximum Gasteiger partial charge on any atom is 0.315 e. The lowest BCUT2D eigenvalue weighted by Crippen LogP contribution is -2.39. The van der Waals surface area contributed by atoms with Crippen LogP contribution >= 0.6 is 11.6 Å². The number of nitrogens with zero attached hydrogens (tertiary/aromatic N) is 1. The molecule has 0 fully saturated rings. The van der Waals surface area contributed by atoms with E-state index in [1.54, 1.807) is 12.1 Å². The first-order valence-corrected chi connectivity index (χ1v) is 6.87. The second-order valence-corrected chi connectivity index (χ2v) is 4.88. The number of aliphatic hydroxyl groups is 1. The van der Waals surface area contributed by atoms with Crippen molar-refractivity contribution in [1.29, 1.82) is 0 Å². The van der Waals surface area contributed by atoms with Gasteiger partial charge in [-0.25, -0.2) is 4.79 Å². The quantitative estimate of drug-likeness (QED) is 0.793. The average Bonchev–Trinajstić information content (AvgIpc) is 2.53. The first kappa shape index (κ1) is 15.3. The lowest BCUT2D eigenvalue weighted by atomic mass is 10.1. The van der Waals surface area contributed by atoms with E-state index in [2.05, 4.69) is 15.6 Å². The molecular weight excluding hydrogens is 290 g/mol. The number of nitrogens with one attached hydrogen (secondary N) is 2. The highest BCUT2D eigenvalue weighted by molar-refractivity contribution is 6.30. The third kappa shape index (κ3) is 4.73. The predicted octanol–water partition coefficient (Wildman–Crippen LogP) is 2.27. The van der Waals surface area contributed by atoms with Crippen LogP contribution in [0.2, 0.25) is 5.02 Å². The SMILES string of the molecule is O=C(NCc1ccc(Cl)cn1)NC(CO)c1ccccc1. The second kappa shape index (κ2) is 7.61. The summed E-state index contributed by atoms with van der Waals surface area (Å²) in [7, 11) is 0. The van der Waals surface area contributed by atoms with E-state index in [1.165, 1.54) is 6.20 Å². The van der Waals surface area contributed by atoms with Gasteiger partial charge in [0, 0.05) is 6.20 Å². The van der Waals surface area contributed by atoms with Gasteiger partial charge in [0.25, 0.3) is 0 Å². The molecule has 6 heteroatoms. The van der Waals surface area contributed by atoms with Crippen LogP contribution in [-0.4, -0.2) is 22.7 Å². The highest BCUT2D eigenvalue weighted by Gasteiger charge is 2.12. The van der Waals surface area contributed by atoms with Crippen LogP contribution in [0.3, 0.4) is 0 Å². The molecule has 1 atom stereocenters. The predicted molar refractivity (Wildman–Crippen MR) is 80.9 cm³/mol. The molecule has 0 saturated heterocycles. The van der Waals surface area contributed by atoms with Gasteiger partial charge in [-0.2, -0.15) is 0 Å². The number of amides is 2. The van der Waals surface area contributed by atoms with E-state index in [1.807, 2.05) is 30.3 Å². The topological polar surface area (TPSA) is 74.2 Å². The van der Waals surface area contributed by atoms with Crippen molar-refractivity contribution < 1.29 is 9.90 Å². The van der Waals surface area contributed by atoms with E-state index >= 15 is 0 Å². The van der Waals surface area contributed by atoms with E-state index in [9.17, 15) is 9.90 Å². The Bertz CT molecular complexity index is 575. The number of aromatic nitrogens is 1. The van der Waals surface area contributed by atoms with Gasteiger partial charge in [0.2, 0.25) is 0 Å². The normalized spacial score (nSPS) is 11.7. The summed E-state index contributed by atoms with van der Waals surface area (Å²) in [5.41, 5.74) is 1.55. The molecule has 1 aromatic heterocycles. The van der Waals surface area contributed by atoms with E-state index in [0.29, 0.717) is 10.7 Å². The van der Waals surface area contributed by atoms with Gasteiger partial charge in [0.05, 0.1) is 29.9 Å². The lowest BCUT2D eigenvalue weighted by molar-refractivity contribution is 0.216. The number of carbonyl (C=O) groups is 1. The number of hydrogen-bond acceptors (Lipinski definition) is 3. The molecule has 0 bridgehead atoms. The van der Waals surface area contributed by atoms with Crippen molar-refractivity contribution >= 4 is 17.6 Å². The van der Waals surface area contributed by atoms with Crippen LogP contribution < -0.4 is 10.6 Å². The molecule has 1 unspecified atom stereocenters. The summed E-state index contributed by atoms with van der Waals surface area (Å²) in [6.07, 6.45) is 1.52. The van der Waals surface area contributed by atoms with Gasteiger partial charge in [0.15, 0.2) is 0 Å². The maximum atomic E-state index is 11.8. The van der Waals surface area contributed by atoms with Crippen molar-refractivity contribution in [1.82, 2.24) is 15.6 Å². The first-order chi connectivity index (χ1) is 10.2. The number of urea groups is 1. The van der Waals surface area contributed by atoms with Crippen molar-refractivity contribution in [3.8, 4) is 0 Å². The summed E-state index contributed by atoms with van der Waals surface area (Å²) in [4.78, 5) is 15.9. The molecule has 2 amide bonds. The number of benzene rings is 1. The Morgan fingerprint density at radius 3 is 2.62 bits per heavy atom. The Kier molecular flexibility index (Phi) is 5.54. The number of rotatable bonds is 5. The van der Waals surface area contributed by atoms with E-state index < -0.39 is 6.04 Å². The molecule has 1 heterocycles. The minimum Gasteiger partial charge on any atom is -0.394 e. The Morgan fingerprint density at radius 2 is 2.00 bits per heavy atom. The lowest BCUT2D eigenvalue weighted by Gasteiger charge is -2.17. The smallest absolute Gasteiger partial charge is 0.315 e. The van der Waals surface area contributed by atoms with Gasteiger partial charge in [-0.05, 0) is 17.7 Å². The van der Waals surface area contributed by atoms with Gasteiger partial charge in [-0.1, -0.05) is 41.9 Å². The van der Waals surface area contributed by atoms with Crippen molar-refractivity contribution in [3.05, 3.63) is 64.9 Å². The molecule has 0 aliphatic heterocycles. The summed E-state index contributed by atoms with van der Waals surface area (Å²) >= 11 is 5.74. The Morgan fingerprint density at radius 1 is 1.24 bits per heavy atom. The van der Waals surface area contributed by atoms with E-state index in [-0.39, 0.29) is 19.2 Å². The van der Waals surface area contributed by atoms with E-state index in [4.69, 9.17) is 11.6 Å². The second-order valence-electron chi connectivity index (χ2n) is 4.44. The van der Waals surface area contributed by atoms with Crippen LogP contribution in [0.4, 0.5) is 4.79 Å². The van der Waals surface area contributed by atoms with Gasteiger partial charge in [-0.15, -0.1) is 0 Å². The van der Waals surface area contributed by atoms with Gasteiger partial charge in [0.1, 0.15) is 0 Å². The molecule has 2 rings (SSSR count). The van der Waals surface area contributed by atoms with E-state index in [0.717, 1.165) is 5.56 Å². The van der Waals surface area contributed by atoms with Crippen molar-refractivity contribution in [2.45, 2.75) is 12.6 Å². The fraction of sp³-hybridized carbons (Fsp3) is 0.200. The fourth-order valence-corrected chi connectivity index (χ4v) is 1.92. The number of carbonyl (C=O) groups excluding carboxylic acids is 1. The molecule has 3 N–H and O–H groups in total. The Balaban J connectivity index is 1.87. The van der Waals surface area contributed by atoms with Crippen LogP contribution in [0.15, 0.2) is 48.7 Å². The standard InChI is InChI=1S/C15H16ClN3O2/c16-12-6-7-13(17-8-12)9-18-15(21)19-14(10-20)11-4-2-1-3-5-11/h1-8,14,20H,9-10H2,(H2,18,19,21). The summed E-state index contributed by atoms with van der Waals surface area (Å²) in [6.45, 7) is 0.118. The molecule has 0 spiro atoms. The largest absolute Gasteiger partial charge is 0.394 e. The van der Waals surface area contributed by atoms with Crippen molar-refractivity contribution in [2.75, 3.05) is 6.61 Å². The van der Waals surface area contributed by atoms with Gasteiger partial charge in [-0.3, -0.25) is 4.98 Å². The third-order valence-corrected chi connectivity index (χ3v) is 3.13. The Labute approximate surface area is 128 Å². The summed E-state index contributed by atoms with van der Waals surface area (Å²) in [6, 6.07) is 11.9. The van der Waals surface area contributed by atoms with Crippen molar-refractivity contribution in [3.63, 3.8) is 0 Å². The molecule has 110 valence electrons. The number of halogens is 1. The minimum atomic E-state index is -0.440. The maximum absolute atomic E-state index is 11.8. The van der Waals surface area contributed by atoms with Crippen LogP contribution in [0.5, 0.6) is 0 Å². The minimum absolute atomic E-state index is 0.170. The molecule has 0 aliphatic carbocycles. The first-order valence-electron chi connectivity index (χ1n) is 6.49. The molecular formula is C15H16ClN3O2. The highest BCUT2D eigenvalue weighted by Crippen LogP contribution is 2.11. The number of aliphatic hydroxyl groups excluding tert-OH is 1. The third-order valence-electron chi connectivity index (χ3n) is 2.91. The van der Waals surface area contributed by atoms with Gasteiger partial charge >= 0.3 is 6.03 Å². The average molecular weight is 306 g/mol. The molecule has 5 nitrogen and oxygen atoms in total. The summed E-state index contributed by atoms with van der Waals surface area (Å²) in [5, 5.41) is 15.3. The van der Waals surface area contributed by atoms with Crippen LogP contribution in [-0.2, 0) is 6.54 Å². The molecule has 21 heavy (non-hydrogen) atoms. The van der Waals surface area contributed by atoms with Crippen LogP contribution in [0.25, 0.3) is 0 Å². The zero-order valence-electron chi connectivity index (χ0n) is 11.3. The monoisotopic (exact) mass is 305 g/mol. The molecule has 0 aliphatic rings. The molecule has 0 saturated carbocycles. The number of hydrogen-bond donors (Lipinski definition) is 3. The Hall–Kier alpha value is -2.11. The number of pyridine rings is 1.